The van der Waals surface area contributed by atoms with Crippen molar-refractivity contribution in [1.82, 2.24) is 0 Å². The van der Waals surface area contributed by atoms with Gasteiger partial charge in [0, 0.05) is 28.3 Å². The molecule has 0 spiro atoms. The summed E-state index contributed by atoms with van der Waals surface area (Å²) in [7, 11) is 3.17. The fraction of sp³-hybridized carbons (Fsp3) is 0.211. The zero-order chi connectivity index (χ0) is 17.1. The topological polar surface area (TPSA) is 47.6 Å². The molecule has 0 saturated heterocycles. The Kier molecular flexibility index (Phi) is 4.76. The molecule has 5 heteroatoms. The van der Waals surface area contributed by atoms with E-state index in [4.69, 9.17) is 21.1 Å². The highest BCUT2D eigenvalue weighted by Crippen LogP contribution is 2.37. The number of nitrogens with one attached hydrogen (secondary N) is 1. The van der Waals surface area contributed by atoms with Gasteiger partial charge in [-0.15, -0.1) is 11.6 Å². The van der Waals surface area contributed by atoms with Gasteiger partial charge < -0.3 is 14.8 Å². The summed E-state index contributed by atoms with van der Waals surface area (Å²) in [5.74, 6) is 1.65. The summed E-state index contributed by atoms with van der Waals surface area (Å²) in [6.45, 7) is 0. The number of carbonyl (C=O) groups is 1. The number of carbonyl (C=O) groups excluding carboxylic acids is 1. The second-order valence-corrected chi connectivity index (χ2v) is 5.79. The van der Waals surface area contributed by atoms with Crippen molar-refractivity contribution in [1.29, 1.82) is 0 Å². The van der Waals surface area contributed by atoms with Crippen LogP contribution in [0.1, 0.15) is 16.7 Å². The smallest absolute Gasteiger partial charge is 0.256 e. The molecule has 4 nitrogen and oxygen atoms in total. The number of hydrogen-bond acceptors (Lipinski definition) is 3. The Morgan fingerprint density at radius 3 is 2.71 bits per heavy atom. The predicted octanol–water partition coefficient (Wildman–Crippen LogP) is 3.98. The summed E-state index contributed by atoms with van der Waals surface area (Å²) in [5, 5.41) is 2.89. The lowest BCUT2D eigenvalue weighted by molar-refractivity contribution is -0.110. The molecule has 24 heavy (non-hydrogen) atoms. The zero-order valence-electron chi connectivity index (χ0n) is 13.6. The number of hydrogen-bond donors (Lipinski definition) is 1. The van der Waals surface area contributed by atoms with Gasteiger partial charge in [-0.05, 0) is 36.3 Å². The van der Waals surface area contributed by atoms with Crippen LogP contribution in [0.25, 0.3) is 11.6 Å². The monoisotopic (exact) mass is 343 g/mol. The molecule has 0 atom stereocenters. The first-order valence-electron chi connectivity index (χ1n) is 7.61. The van der Waals surface area contributed by atoms with E-state index < -0.39 is 0 Å². The van der Waals surface area contributed by atoms with E-state index in [1.165, 1.54) is 0 Å². The second kappa shape index (κ2) is 6.97. The molecular formula is C19H18ClNO3. The van der Waals surface area contributed by atoms with Gasteiger partial charge in [0.15, 0.2) is 11.5 Å². The standard InChI is InChI=1S/C19H18ClNO3/c1-23-17-5-3-4-13(18(17)24-2)11-15-14-10-12(8-9-20)6-7-16(14)21-19(15)22/h3-7,10-11H,8-9H2,1-2H3,(H,21,22). The maximum atomic E-state index is 12.4. The highest BCUT2D eigenvalue weighted by Gasteiger charge is 2.25. The zero-order valence-corrected chi connectivity index (χ0v) is 14.3. The molecule has 1 N–H and O–H groups in total. The lowest BCUT2D eigenvalue weighted by Crippen LogP contribution is -2.03. The quantitative estimate of drug-likeness (QED) is 0.660. The molecule has 2 aromatic rings. The second-order valence-electron chi connectivity index (χ2n) is 5.41. The van der Waals surface area contributed by atoms with Crippen molar-refractivity contribution in [3.63, 3.8) is 0 Å². The van der Waals surface area contributed by atoms with Crippen molar-refractivity contribution in [3.05, 3.63) is 53.1 Å². The third-order valence-corrected chi connectivity index (χ3v) is 4.17. The average molecular weight is 344 g/mol. The van der Waals surface area contributed by atoms with Crippen LogP contribution in [0.4, 0.5) is 5.69 Å². The molecule has 0 aliphatic carbocycles. The number of halogens is 1. The molecule has 0 bridgehead atoms. The first-order chi connectivity index (χ1) is 11.7. The van der Waals surface area contributed by atoms with E-state index in [0.29, 0.717) is 23.0 Å². The van der Waals surface area contributed by atoms with Gasteiger partial charge in [0.2, 0.25) is 0 Å². The van der Waals surface area contributed by atoms with Crippen LogP contribution >= 0.6 is 11.6 Å². The number of rotatable bonds is 5. The van der Waals surface area contributed by atoms with Crippen LogP contribution in [0.3, 0.4) is 0 Å². The Balaban J connectivity index is 2.09. The number of amides is 1. The van der Waals surface area contributed by atoms with Crippen molar-refractivity contribution < 1.29 is 14.3 Å². The average Bonchev–Trinajstić information content (AvgIpc) is 2.90. The summed E-state index contributed by atoms with van der Waals surface area (Å²) in [6, 6.07) is 11.5. The van der Waals surface area contributed by atoms with E-state index in [0.717, 1.165) is 28.8 Å². The Morgan fingerprint density at radius 2 is 2.00 bits per heavy atom. The minimum Gasteiger partial charge on any atom is -0.493 e. The molecule has 0 fully saturated rings. The fourth-order valence-electron chi connectivity index (χ4n) is 2.82. The SMILES string of the molecule is COc1cccc(C=C2C(=O)Nc3ccc(CCCl)cc32)c1OC. The minimum absolute atomic E-state index is 0.127. The minimum atomic E-state index is -0.127. The van der Waals surface area contributed by atoms with Crippen LogP contribution in [0, 0.1) is 0 Å². The Labute approximate surface area is 146 Å². The number of benzene rings is 2. The van der Waals surface area contributed by atoms with Gasteiger partial charge in [-0.2, -0.15) is 0 Å². The molecule has 1 heterocycles. The third-order valence-electron chi connectivity index (χ3n) is 3.98. The number of para-hydroxylation sites is 1. The lowest BCUT2D eigenvalue weighted by Gasteiger charge is -2.10. The summed E-state index contributed by atoms with van der Waals surface area (Å²) in [6.07, 6.45) is 2.59. The summed E-state index contributed by atoms with van der Waals surface area (Å²) in [5.41, 5.74) is 4.19. The van der Waals surface area contributed by atoms with Crippen molar-refractivity contribution >= 4 is 34.8 Å². The van der Waals surface area contributed by atoms with E-state index in [1.807, 2.05) is 42.5 Å². The van der Waals surface area contributed by atoms with Crippen LogP contribution < -0.4 is 14.8 Å². The van der Waals surface area contributed by atoms with Crippen LogP contribution in [-0.4, -0.2) is 26.0 Å². The van der Waals surface area contributed by atoms with Gasteiger partial charge in [-0.1, -0.05) is 18.2 Å². The lowest BCUT2D eigenvalue weighted by atomic mass is 10.0. The maximum Gasteiger partial charge on any atom is 0.256 e. The molecule has 2 aromatic carbocycles. The molecule has 1 aliphatic rings. The predicted molar refractivity (Wildman–Crippen MR) is 96.9 cm³/mol. The number of alkyl halides is 1. The van der Waals surface area contributed by atoms with Gasteiger partial charge in [-0.25, -0.2) is 0 Å². The normalized spacial score (nSPS) is 14.5. The summed E-state index contributed by atoms with van der Waals surface area (Å²) >= 11 is 5.83. The Bertz CT molecular complexity index is 814. The third kappa shape index (κ3) is 2.97. The van der Waals surface area contributed by atoms with E-state index in [2.05, 4.69) is 5.32 Å². The molecule has 1 amide bonds. The van der Waals surface area contributed by atoms with Gasteiger partial charge in [0.05, 0.1) is 14.2 Å². The highest BCUT2D eigenvalue weighted by atomic mass is 35.5. The number of anilines is 1. The molecule has 124 valence electrons. The van der Waals surface area contributed by atoms with E-state index in [1.54, 1.807) is 14.2 Å². The van der Waals surface area contributed by atoms with E-state index >= 15 is 0 Å². The van der Waals surface area contributed by atoms with Gasteiger partial charge in [0.1, 0.15) is 0 Å². The molecule has 0 aromatic heterocycles. The molecular weight excluding hydrogens is 326 g/mol. The van der Waals surface area contributed by atoms with Crippen molar-refractivity contribution in [2.75, 3.05) is 25.4 Å². The molecule has 1 aliphatic heterocycles. The van der Waals surface area contributed by atoms with E-state index in [9.17, 15) is 4.79 Å². The van der Waals surface area contributed by atoms with Crippen molar-refractivity contribution in [2.45, 2.75) is 6.42 Å². The fourth-order valence-corrected chi connectivity index (χ4v) is 3.04. The highest BCUT2D eigenvalue weighted by molar-refractivity contribution is 6.35. The Hall–Kier alpha value is -2.46. The van der Waals surface area contributed by atoms with Gasteiger partial charge >= 0.3 is 0 Å². The van der Waals surface area contributed by atoms with E-state index in [-0.39, 0.29) is 5.91 Å². The first-order valence-corrected chi connectivity index (χ1v) is 8.14. The van der Waals surface area contributed by atoms with Gasteiger partial charge in [0.25, 0.3) is 5.91 Å². The molecule has 0 unspecified atom stereocenters. The number of aryl methyl sites for hydroxylation is 1. The van der Waals surface area contributed by atoms with Crippen LogP contribution in [0.2, 0.25) is 0 Å². The largest absolute Gasteiger partial charge is 0.493 e. The Morgan fingerprint density at radius 1 is 1.17 bits per heavy atom. The number of methoxy groups -OCH3 is 2. The van der Waals surface area contributed by atoms with Crippen molar-refractivity contribution in [2.24, 2.45) is 0 Å². The molecule has 0 radical (unpaired) electrons. The maximum absolute atomic E-state index is 12.4. The summed E-state index contributed by atoms with van der Waals surface area (Å²) < 4.78 is 10.8. The molecule has 0 saturated carbocycles. The first kappa shape index (κ1) is 16.4. The number of ether oxygens (including phenoxy) is 2. The number of fused-ring (bicyclic) bond motifs is 1. The van der Waals surface area contributed by atoms with Crippen LogP contribution in [0.15, 0.2) is 36.4 Å². The van der Waals surface area contributed by atoms with Crippen LogP contribution in [-0.2, 0) is 11.2 Å². The van der Waals surface area contributed by atoms with Gasteiger partial charge in [-0.3, -0.25) is 4.79 Å². The molecule has 3 rings (SSSR count). The summed E-state index contributed by atoms with van der Waals surface area (Å²) in [4.78, 5) is 12.4. The van der Waals surface area contributed by atoms with Crippen LogP contribution in [0.5, 0.6) is 11.5 Å². The van der Waals surface area contributed by atoms with Crippen molar-refractivity contribution in [3.8, 4) is 11.5 Å².